The lowest BCUT2D eigenvalue weighted by atomic mass is 9.86. The third-order valence-corrected chi connectivity index (χ3v) is 4.55. The topological polar surface area (TPSA) is 58.6 Å². The summed E-state index contributed by atoms with van der Waals surface area (Å²) in [7, 11) is 1.58. The third-order valence-electron chi connectivity index (χ3n) is 3.86. The molecule has 5 heteroatoms. The Bertz CT molecular complexity index is 470. The maximum Gasteiger partial charge on any atom is 0.252 e. The third kappa shape index (κ3) is 3.73. The second-order valence-corrected chi connectivity index (χ2v) is 6.07. The Hall–Kier alpha value is -1.07. The average Bonchev–Trinajstić information content (AvgIpc) is 2.48. The van der Waals surface area contributed by atoms with E-state index in [-0.39, 0.29) is 18.6 Å². The van der Waals surface area contributed by atoms with E-state index in [4.69, 9.17) is 9.84 Å². The van der Waals surface area contributed by atoms with Crippen molar-refractivity contribution in [3.63, 3.8) is 0 Å². The summed E-state index contributed by atoms with van der Waals surface area (Å²) in [4.78, 5) is 12.3. The number of aliphatic hydroxyl groups is 1. The number of aliphatic hydroxyl groups excluding tert-OH is 1. The van der Waals surface area contributed by atoms with Crippen LogP contribution in [0.5, 0.6) is 5.75 Å². The van der Waals surface area contributed by atoms with E-state index in [0.29, 0.717) is 17.2 Å². The number of methoxy groups -OCH3 is 1. The summed E-state index contributed by atoms with van der Waals surface area (Å²) in [5.41, 5.74) is 0.591. The Labute approximate surface area is 127 Å². The fourth-order valence-corrected chi connectivity index (χ4v) is 2.98. The van der Waals surface area contributed by atoms with E-state index in [1.54, 1.807) is 13.2 Å². The second-order valence-electron chi connectivity index (χ2n) is 5.22. The van der Waals surface area contributed by atoms with Crippen LogP contribution in [-0.2, 0) is 0 Å². The van der Waals surface area contributed by atoms with Gasteiger partial charge in [-0.3, -0.25) is 4.79 Å². The molecule has 1 aliphatic carbocycles. The van der Waals surface area contributed by atoms with Gasteiger partial charge < -0.3 is 15.2 Å². The molecule has 0 atom stereocenters. The number of rotatable bonds is 4. The number of ether oxygens (including phenoxy) is 1. The molecule has 20 heavy (non-hydrogen) atoms. The Kier molecular flexibility index (Phi) is 5.43. The number of carbonyl (C=O) groups excluding carboxylic acids is 1. The Morgan fingerprint density at radius 3 is 2.70 bits per heavy atom. The number of hydrogen-bond acceptors (Lipinski definition) is 3. The van der Waals surface area contributed by atoms with E-state index in [1.807, 2.05) is 12.1 Å². The monoisotopic (exact) mass is 341 g/mol. The number of benzene rings is 1. The molecule has 0 bridgehead atoms. The number of halogens is 1. The summed E-state index contributed by atoms with van der Waals surface area (Å²) < 4.78 is 5.91. The van der Waals surface area contributed by atoms with Crippen molar-refractivity contribution in [3.8, 4) is 5.75 Å². The number of nitrogens with one attached hydrogen (secondary N) is 1. The van der Waals surface area contributed by atoms with Crippen LogP contribution < -0.4 is 10.1 Å². The molecule has 0 spiro atoms. The van der Waals surface area contributed by atoms with Gasteiger partial charge in [-0.05, 0) is 65.7 Å². The van der Waals surface area contributed by atoms with E-state index in [2.05, 4.69) is 21.2 Å². The number of carbonyl (C=O) groups is 1. The first-order valence-corrected chi connectivity index (χ1v) is 7.68. The van der Waals surface area contributed by atoms with Gasteiger partial charge in [0.1, 0.15) is 5.75 Å². The van der Waals surface area contributed by atoms with Crippen molar-refractivity contribution < 1.29 is 14.6 Å². The first-order chi connectivity index (χ1) is 9.63. The zero-order valence-corrected chi connectivity index (χ0v) is 13.1. The van der Waals surface area contributed by atoms with E-state index >= 15 is 0 Å². The zero-order chi connectivity index (χ0) is 14.5. The minimum absolute atomic E-state index is 0.0803. The largest absolute Gasteiger partial charge is 0.497 e. The van der Waals surface area contributed by atoms with Crippen LogP contribution in [0.4, 0.5) is 0 Å². The Morgan fingerprint density at radius 1 is 1.40 bits per heavy atom. The van der Waals surface area contributed by atoms with Gasteiger partial charge in [0.05, 0.1) is 12.7 Å². The van der Waals surface area contributed by atoms with Gasteiger partial charge in [0.2, 0.25) is 0 Å². The fraction of sp³-hybridized carbons (Fsp3) is 0.533. The van der Waals surface area contributed by atoms with Crippen LogP contribution in [0.3, 0.4) is 0 Å². The molecular formula is C15H20BrNO3. The number of hydrogen-bond donors (Lipinski definition) is 2. The van der Waals surface area contributed by atoms with Crippen LogP contribution in [0.2, 0.25) is 0 Å². The lowest BCUT2D eigenvalue weighted by Gasteiger charge is -2.28. The van der Waals surface area contributed by atoms with Gasteiger partial charge >= 0.3 is 0 Å². The lowest BCUT2D eigenvalue weighted by molar-refractivity contribution is 0.0913. The van der Waals surface area contributed by atoms with Crippen molar-refractivity contribution in [2.75, 3.05) is 13.7 Å². The van der Waals surface area contributed by atoms with Crippen LogP contribution in [0, 0.1) is 5.92 Å². The molecule has 0 aliphatic heterocycles. The fourth-order valence-electron chi connectivity index (χ4n) is 2.56. The van der Waals surface area contributed by atoms with Gasteiger partial charge in [0.25, 0.3) is 5.91 Å². The molecule has 0 saturated heterocycles. The molecule has 4 nitrogen and oxygen atoms in total. The highest BCUT2D eigenvalue weighted by atomic mass is 79.9. The van der Waals surface area contributed by atoms with Crippen molar-refractivity contribution in [3.05, 3.63) is 28.2 Å². The first-order valence-electron chi connectivity index (χ1n) is 6.89. The summed E-state index contributed by atoms with van der Waals surface area (Å²) >= 11 is 3.40. The van der Waals surface area contributed by atoms with E-state index in [1.165, 1.54) is 0 Å². The van der Waals surface area contributed by atoms with Gasteiger partial charge in [0.15, 0.2) is 0 Å². The van der Waals surface area contributed by atoms with E-state index < -0.39 is 0 Å². The molecule has 1 aromatic rings. The van der Waals surface area contributed by atoms with Crippen molar-refractivity contribution >= 4 is 21.8 Å². The normalized spacial score (nSPS) is 22.4. The van der Waals surface area contributed by atoms with Gasteiger partial charge in [-0.2, -0.15) is 0 Å². The molecule has 0 aromatic heterocycles. The summed E-state index contributed by atoms with van der Waals surface area (Å²) in [6, 6.07) is 5.56. The zero-order valence-electron chi connectivity index (χ0n) is 11.6. The van der Waals surface area contributed by atoms with Crippen LogP contribution in [0.25, 0.3) is 0 Å². The summed E-state index contributed by atoms with van der Waals surface area (Å²) in [6.45, 7) is 0.252. The van der Waals surface area contributed by atoms with Crippen LogP contribution in [-0.4, -0.2) is 30.8 Å². The standard InChI is InChI=1S/C15H20BrNO3/c1-20-12-6-7-14(16)13(8-12)15(19)17-11-4-2-10(9-18)3-5-11/h6-8,10-11,18H,2-5,9H2,1H3,(H,17,19). The maximum absolute atomic E-state index is 12.3. The second kappa shape index (κ2) is 7.09. The molecule has 0 unspecified atom stereocenters. The lowest BCUT2D eigenvalue weighted by Crippen LogP contribution is -2.38. The maximum atomic E-state index is 12.3. The highest BCUT2D eigenvalue weighted by Gasteiger charge is 2.23. The predicted molar refractivity (Wildman–Crippen MR) is 81.0 cm³/mol. The minimum atomic E-state index is -0.0803. The van der Waals surface area contributed by atoms with Gasteiger partial charge in [-0.25, -0.2) is 0 Å². The highest BCUT2D eigenvalue weighted by Crippen LogP contribution is 2.26. The molecule has 1 amide bonds. The minimum Gasteiger partial charge on any atom is -0.497 e. The quantitative estimate of drug-likeness (QED) is 0.885. The van der Waals surface area contributed by atoms with Crippen LogP contribution in [0.15, 0.2) is 22.7 Å². The molecule has 2 N–H and O–H groups in total. The van der Waals surface area contributed by atoms with Gasteiger partial charge in [0, 0.05) is 17.1 Å². The van der Waals surface area contributed by atoms with Crippen molar-refractivity contribution in [1.82, 2.24) is 5.32 Å². The molecule has 1 aromatic carbocycles. The summed E-state index contributed by atoms with van der Waals surface area (Å²) in [6.07, 6.45) is 3.80. The van der Waals surface area contributed by atoms with E-state index in [0.717, 1.165) is 30.2 Å². The molecule has 110 valence electrons. The first kappa shape index (κ1) is 15.3. The Morgan fingerprint density at radius 2 is 2.10 bits per heavy atom. The van der Waals surface area contributed by atoms with Crippen LogP contribution >= 0.6 is 15.9 Å². The van der Waals surface area contributed by atoms with Crippen molar-refractivity contribution in [2.24, 2.45) is 5.92 Å². The van der Waals surface area contributed by atoms with Crippen molar-refractivity contribution in [2.45, 2.75) is 31.7 Å². The number of amides is 1. The van der Waals surface area contributed by atoms with E-state index in [9.17, 15) is 4.79 Å². The SMILES string of the molecule is COc1ccc(Br)c(C(=O)NC2CCC(CO)CC2)c1. The van der Waals surface area contributed by atoms with Gasteiger partial charge in [-0.15, -0.1) is 0 Å². The molecule has 0 radical (unpaired) electrons. The molecular weight excluding hydrogens is 322 g/mol. The predicted octanol–water partition coefficient (Wildman–Crippen LogP) is 2.74. The molecule has 2 rings (SSSR count). The van der Waals surface area contributed by atoms with Gasteiger partial charge in [-0.1, -0.05) is 0 Å². The molecule has 1 aliphatic rings. The average molecular weight is 342 g/mol. The highest BCUT2D eigenvalue weighted by molar-refractivity contribution is 9.10. The molecule has 1 fully saturated rings. The van der Waals surface area contributed by atoms with Crippen LogP contribution in [0.1, 0.15) is 36.0 Å². The molecule has 1 saturated carbocycles. The summed E-state index contributed by atoms with van der Waals surface area (Å²) in [5, 5.41) is 12.2. The summed E-state index contributed by atoms with van der Waals surface area (Å²) in [5.74, 6) is 0.984. The molecule has 0 heterocycles. The van der Waals surface area contributed by atoms with Crippen molar-refractivity contribution in [1.29, 1.82) is 0 Å². The Balaban J connectivity index is 1.98. The smallest absolute Gasteiger partial charge is 0.252 e.